The van der Waals surface area contributed by atoms with Gasteiger partial charge in [-0.05, 0) is 29.8 Å². The van der Waals surface area contributed by atoms with Crippen molar-refractivity contribution >= 4 is 6.08 Å². The highest BCUT2D eigenvalue weighted by Crippen LogP contribution is 2.21. The van der Waals surface area contributed by atoms with Crippen LogP contribution in [0.25, 0.3) is 6.08 Å². The van der Waals surface area contributed by atoms with Crippen LogP contribution in [0.2, 0.25) is 0 Å². The van der Waals surface area contributed by atoms with Crippen molar-refractivity contribution in [2.24, 2.45) is 0 Å². The number of allylic oxidation sites excluding steroid dienone is 1. The molecule has 0 saturated carbocycles. The van der Waals surface area contributed by atoms with Gasteiger partial charge in [0.15, 0.2) is 0 Å². The molecule has 0 atom stereocenters. The van der Waals surface area contributed by atoms with Gasteiger partial charge in [-0.25, -0.2) is 4.79 Å². The van der Waals surface area contributed by atoms with E-state index >= 15 is 0 Å². The Hall–Kier alpha value is -3.21. The zero-order valence-electron chi connectivity index (χ0n) is 12.4. The Kier molecular flexibility index (Phi) is 4.29. The Bertz CT molecular complexity index is 846. The van der Waals surface area contributed by atoms with Crippen LogP contribution in [0.4, 0.5) is 0 Å². The molecule has 0 unspecified atom stereocenters. The smallest absolute Gasteiger partial charge is 0.361 e. The lowest BCUT2D eigenvalue weighted by Crippen LogP contribution is -2.21. The van der Waals surface area contributed by atoms with E-state index in [1.807, 2.05) is 66.7 Å². The van der Waals surface area contributed by atoms with Gasteiger partial charge in [0, 0.05) is 12.7 Å². The highest BCUT2D eigenvalue weighted by atomic mass is 16.5. The topological polar surface area (TPSA) is 56.4 Å². The summed E-state index contributed by atoms with van der Waals surface area (Å²) >= 11 is 0. The first-order valence-electron chi connectivity index (χ1n) is 7.19. The molecule has 1 heterocycles. The number of imidazole rings is 1. The average molecular weight is 308 g/mol. The molecule has 1 aromatic heterocycles. The molecule has 0 saturated heterocycles. The minimum Gasteiger partial charge on any atom is -0.457 e. The van der Waals surface area contributed by atoms with Gasteiger partial charge in [-0.2, -0.15) is 0 Å². The quantitative estimate of drug-likeness (QED) is 0.735. The second-order valence-corrected chi connectivity index (χ2v) is 4.96. The van der Waals surface area contributed by atoms with E-state index in [1.54, 1.807) is 0 Å². The number of para-hydroxylation sites is 1. The molecule has 0 spiro atoms. The van der Waals surface area contributed by atoms with E-state index in [2.05, 4.69) is 0 Å². The van der Waals surface area contributed by atoms with E-state index in [-0.39, 0.29) is 0 Å². The predicted octanol–water partition coefficient (Wildman–Crippen LogP) is 3.39. The second-order valence-electron chi connectivity index (χ2n) is 4.96. The summed E-state index contributed by atoms with van der Waals surface area (Å²) in [5.41, 5.74) is 0.545. The highest BCUT2D eigenvalue weighted by molar-refractivity contribution is 5.50. The van der Waals surface area contributed by atoms with E-state index in [4.69, 9.17) is 9.94 Å². The van der Waals surface area contributed by atoms with Crippen LogP contribution in [0.5, 0.6) is 11.5 Å². The number of benzene rings is 2. The van der Waals surface area contributed by atoms with Crippen LogP contribution < -0.4 is 10.4 Å². The van der Waals surface area contributed by atoms with E-state index in [1.165, 1.54) is 17.0 Å². The molecule has 116 valence electrons. The van der Waals surface area contributed by atoms with Crippen LogP contribution in [0.15, 0.2) is 77.9 Å². The summed E-state index contributed by atoms with van der Waals surface area (Å²) in [5.74, 6) is 1.56. The van der Waals surface area contributed by atoms with E-state index in [0.717, 1.165) is 17.1 Å². The molecule has 2 aromatic carbocycles. The number of ether oxygens (including phenoxy) is 1. The number of hydrogen-bond donors (Lipinski definition) is 1. The molecule has 5 heteroatoms. The van der Waals surface area contributed by atoms with Gasteiger partial charge >= 0.3 is 5.69 Å². The largest absolute Gasteiger partial charge is 0.457 e. The molecule has 1 N–H and O–H groups in total. The molecular weight excluding hydrogens is 292 g/mol. The lowest BCUT2D eigenvalue weighted by atomic mass is 10.2. The third-order valence-electron chi connectivity index (χ3n) is 3.30. The maximum atomic E-state index is 11.5. The maximum Gasteiger partial charge on any atom is 0.361 e. The van der Waals surface area contributed by atoms with Gasteiger partial charge in [-0.15, -0.1) is 4.73 Å². The SMILES string of the molecule is O=c1n(O)ccn1CC=Cc1ccc(Oc2ccccc2)cc1. The van der Waals surface area contributed by atoms with Crippen molar-refractivity contribution in [1.29, 1.82) is 0 Å². The third kappa shape index (κ3) is 3.71. The van der Waals surface area contributed by atoms with Crippen LogP contribution >= 0.6 is 0 Å². The predicted molar refractivity (Wildman–Crippen MR) is 87.9 cm³/mol. The Labute approximate surface area is 133 Å². The first-order valence-corrected chi connectivity index (χ1v) is 7.19. The molecular formula is C18H16N2O3. The fraction of sp³-hybridized carbons (Fsp3) is 0.0556. The summed E-state index contributed by atoms with van der Waals surface area (Å²) in [6.07, 6.45) is 6.61. The average Bonchev–Trinajstić information content (AvgIpc) is 2.90. The van der Waals surface area contributed by atoms with E-state index < -0.39 is 5.69 Å². The molecule has 0 bridgehead atoms. The van der Waals surface area contributed by atoms with Gasteiger partial charge in [0.25, 0.3) is 0 Å². The summed E-state index contributed by atoms with van der Waals surface area (Å²) in [6, 6.07) is 17.3. The zero-order chi connectivity index (χ0) is 16.1. The summed E-state index contributed by atoms with van der Waals surface area (Å²) in [4.78, 5) is 11.5. The molecule has 23 heavy (non-hydrogen) atoms. The third-order valence-corrected chi connectivity index (χ3v) is 3.30. The van der Waals surface area contributed by atoms with Gasteiger partial charge in [0.05, 0.1) is 6.20 Å². The fourth-order valence-corrected chi connectivity index (χ4v) is 2.12. The molecule has 0 amide bonds. The molecule has 3 rings (SSSR count). The van der Waals surface area contributed by atoms with Crippen LogP contribution in [-0.2, 0) is 6.54 Å². The Balaban J connectivity index is 1.62. The standard InChI is InChI=1S/C18H16N2O3/c21-18-19(13-14-20(18)22)12-4-5-15-8-10-17(11-9-15)23-16-6-2-1-3-7-16/h1-11,13-14,22H,12H2. The van der Waals surface area contributed by atoms with E-state index in [0.29, 0.717) is 11.3 Å². The highest BCUT2D eigenvalue weighted by Gasteiger charge is 1.99. The number of nitrogens with zero attached hydrogens (tertiary/aromatic N) is 2. The maximum absolute atomic E-state index is 11.5. The van der Waals surface area contributed by atoms with Crippen molar-refractivity contribution in [1.82, 2.24) is 9.30 Å². The molecule has 0 fully saturated rings. The lowest BCUT2D eigenvalue weighted by molar-refractivity contribution is 0.173. The Morgan fingerprint density at radius 2 is 1.65 bits per heavy atom. The molecule has 3 aromatic rings. The summed E-state index contributed by atoms with van der Waals surface area (Å²) in [7, 11) is 0. The van der Waals surface area contributed by atoms with Crippen molar-refractivity contribution in [2.45, 2.75) is 6.54 Å². The van der Waals surface area contributed by atoms with Crippen molar-refractivity contribution in [3.05, 3.63) is 89.1 Å². The number of hydrogen-bond acceptors (Lipinski definition) is 3. The minimum atomic E-state index is -0.457. The summed E-state index contributed by atoms with van der Waals surface area (Å²) in [6.45, 7) is 0.397. The lowest BCUT2D eigenvalue weighted by Gasteiger charge is -2.05. The van der Waals surface area contributed by atoms with Crippen molar-refractivity contribution < 1.29 is 9.94 Å². The van der Waals surface area contributed by atoms with Crippen LogP contribution in [0.1, 0.15) is 5.56 Å². The first-order chi connectivity index (χ1) is 11.2. The summed E-state index contributed by atoms with van der Waals surface area (Å²) < 4.78 is 7.69. The first kappa shape index (κ1) is 14.7. The molecule has 5 nitrogen and oxygen atoms in total. The molecule has 0 aliphatic heterocycles. The van der Waals surface area contributed by atoms with Crippen molar-refractivity contribution in [2.75, 3.05) is 0 Å². The van der Waals surface area contributed by atoms with Gasteiger partial charge in [-0.3, -0.25) is 4.57 Å². The normalized spacial score (nSPS) is 11.0. The van der Waals surface area contributed by atoms with Gasteiger partial charge < -0.3 is 9.94 Å². The summed E-state index contributed by atoms with van der Waals surface area (Å²) in [5, 5.41) is 9.15. The second kappa shape index (κ2) is 6.70. The fourth-order valence-electron chi connectivity index (χ4n) is 2.12. The van der Waals surface area contributed by atoms with Crippen LogP contribution in [0, 0.1) is 0 Å². The van der Waals surface area contributed by atoms with Gasteiger partial charge in [0.2, 0.25) is 0 Å². The Morgan fingerprint density at radius 1 is 0.957 bits per heavy atom. The molecule has 0 radical (unpaired) electrons. The van der Waals surface area contributed by atoms with Gasteiger partial charge in [-0.1, -0.05) is 42.5 Å². The van der Waals surface area contributed by atoms with Crippen molar-refractivity contribution in [3.8, 4) is 11.5 Å². The monoisotopic (exact) mass is 308 g/mol. The molecule has 0 aliphatic rings. The Morgan fingerprint density at radius 3 is 2.30 bits per heavy atom. The minimum absolute atomic E-state index is 0.397. The number of rotatable bonds is 5. The van der Waals surface area contributed by atoms with E-state index in [9.17, 15) is 4.79 Å². The molecule has 0 aliphatic carbocycles. The van der Waals surface area contributed by atoms with Crippen molar-refractivity contribution in [3.63, 3.8) is 0 Å². The number of aromatic nitrogens is 2. The van der Waals surface area contributed by atoms with Gasteiger partial charge in [0.1, 0.15) is 11.5 Å². The van der Waals surface area contributed by atoms with Crippen LogP contribution in [-0.4, -0.2) is 14.5 Å². The zero-order valence-corrected chi connectivity index (χ0v) is 12.4. The van der Waals surface area contributed by atoms with Crippen LogP contribution in [0.3, 0.4) is 0 Å².